The van der Waals surface area contributed by atoms with Gasteiger partial charge in [0.05, 0.1) is 11.0 Å². The van der Waals surface area contributed by atoms with E-state index in [0.29, 0.717) is 17.5 Å². The average Bonchev–Trinajstić information content (AvgIpc) is 3.21. The molecule has 5 nitrogen and oxygen atoms in total. The van der Waals surface area contributed by atoms with Crippen molar-refractivity contribution in [3.05, 3.63) is 176 Å². The summed E-state index contributed by atoms with van der Waals surface area (Å²) in [5.74, 6) is 1.85. The molecule has 0 amide bonds. The van der Waals surface area contributed by atoms with Crippen LogP contribution in [0.25, 0.3) is 89.4 Å². The molecule has 0 N–H and O–H groups in total. The predicted molar refractivity (Wildman–Crippen MR) is 203 cm³/mol. The lowest BCUT2D eigenvalue weighted by Crippen LogP contribution is -2.00. The van der Waals surface area contributed by atoms with Gasteiger partial charge in [-0.2, -0.15) is 0 Å². The number of benzene rings is 6. The van der Waals surface area contributed by atoms with Crippen LogP contribution in [0.3, 0.4) is 0 Å². The van der Waals surface area contributed by atoms with E-state index >= 15 is 0 Å². The highest BCUT2D eigenvalue weighted by molar-refractivity contribution is 6.10. The molecule has 0 atom stereocenters. The molecule has 0 saturated carbocycles. The fraction of sp³-hybridized carbons (Fsp3) is 0. The first-order chi connectivity index (χ1) is 24.8. The standard InChI is InChI=1S/C45H29N5/c1-3-11-30(12-4-1)34-15-7-17-37(27-34)44-48-43(49-45(50-44)38-18-8-16-35(28-38)31-13-5-2-6-14-31)33-23-21-32(22-24-33)40-29-36-19-9-25-46-41(36)42-39(40)20-10-26-47-42/h1-29H. The molecule has 9 rings (SSSR count). The van der Waals surface area contributed by atoms with Gasteiger partial charge in [-0.1, -0.05) is 133 Å². The Balaban J connectivity index is 1.17. The molecular weight excluding hydrogens is 611 g/mol. The summed E-state index contributed by atoms with van der Waals surface area (Å²) in [5.41, 5.74) is 11.2. The van der Waals surface area contributed by atoms with Gasteiger partial charge in [-0.3, -0.25) is 9.97 Å². The molecule has 0 aliphatic heterocycles. The van der Waals surface area contributed by atoms with E-state index in [4.69, 9.17) is 19.9 Å². The molecule has 0 aliphatic rings. The van der Waals surface area contributed by atoms with Crippen LogP contribution in [0.5, 0.6) is 0 Å². The highest BCUT2D eigenvalue weighted by atomic mass is 15.0. The van der Waals surface area contributed by atoms with Gasteiger partial charge in [0.1, 0.15) is 0 Å². The van der Waals surface area contributed by atoms with Crippen LogP contribution >= 0.6 is 0 Å². The number of hydrogen-bond donors (Lipinski definition) is 0. The van der Waals surface area contributed by atoms with Crippen LogP contribution in [-0.2, 0) is 0 Å². The monoisotopic (exact) mass is 639 g/mol. The van der Waals surface area contributed by atoms with Crippen molar-refractivity contribution in [2.45, 2.75) is 0 Å². The van der Waals surface area contributed by atoms with Crippen molar-refractivity contribution in [2.75, 3.05) is 0 Å². The summed E-state index contributed by atoms with van der Waals surface area (Å²) >= 11 is 0. The van der Waals surface area contributed by atoms with Gasteiger partial charge >= 0.3 is 0 Å². The zero-order valence-corrected chi connectivity index (χ0v) is 27.0. The number of rotatable bonds is 6. The Morgan fingerprint density at radius 1 is 0.300 bits per heavy atom. The van der Waals surface area contributed by atoms with Gasteiger partial charge in [0.15, 0.2) is 17.5 Å². The highest BCUT2D eigenvalue weighted by Gasteiger charge is 2.15. The Kier molecular flexibility index (Phi) is 7.41. The van der Waals surface area contributed by atoms with Crippen LogP contribution in [0.2, 0.25) is 0 Å². The number of nitrogens with zero attached hydrogens (tertiary/aromatic N) is 5. The zero-order valence-electron chi connectivity index (χ0n) is 27.0. The minimum atomic E-state index is 0.612. The van der Waals surface area contributed by atoms with Crippen LogP contribution in [0.4, 0.5) is 0 Å². The van der Waals surface area contributed by atoms with Crippen molar-refractivity contribution >= 4 is 21.8 Å². The first-order valence-corrected chi connectivity index (χ1v) is 16.6. The van der Waals surface area contributed by atoms with Gasteiger partial charge in [-0.15, -0.1) is 0 Å². The molecule has 0 bridgehead atoms. The maximum Gasteiger partial charge on any atom is 0.164 e. The maximum atomic E-state index is 5.07. The molecule has 234 valence electrons. The van der Waals surface area contributed by atoms with Crippen molar-refractivity contribution in [3.8, 4) is 67.5 Å². The summed E-state index contributed by atoms with van der Waals surface area (Å²) in [4.78, 5) is 24.5. The number of aromatic nitrogens is 5. The van der Waals surface area contributed by atoms with E-state index in [-0.39, 0.29) is 0 Å². The Labute approximate surface area is 289 Å². The van der Waals surface area contributed by atoms with Crippen molar-refractivity contribution in [2.24, 2.45) is 0 Å². The normalized spacial score (nSPS) is 11.2. The number of pyridine rings is 2. The minimum absolute atomic E-state index is 0.612. The van der Waals surface area contributed by atoms with Gasteiger partial charge in [-0.05, 0) is 63.7 Å². The van der Waals surface area contributed by atoms with E-state index in [2.05, 4.69) is 145 Å². The molecule has 3 heterocycles. The number of hydrogen-bond acceptors (Lipinski definition) is 5. The maximum absolute atomic E-state index is 5.07. The zero-order chi connectivity index (χ0) is 33.3. The molecule has 9 aromatic rings. The van der Waals surface area contributed by atoms with E-state index in [1.165, 1.54) is 0 Å². The third-order valence-corrected chi connectivity index (χ3v) is 9.01. The summed E-state index contributed by atoms with van der Waals surface area (Å²) in [6.45, 7) is 0. The molecule has 3 aromatic heterocycles. The predicted octanol–water partition coefficient (Wildman–Crippen LogP) is 11.0. The smallest absolute Gasteiger partial charge is 0.164 e. The molecule has 0 saturated heterocycles. The fourth-order valence-electron chi connectivity index (χ4n) is 6.51. The molecule has 0 fully saturated rings. The Bertz CT molecular complexity index is 2530. The minimum Gasteiger partial charge on any atom is -0.254 e. The second-order valence-corrected chi connectivity index (χ2v) is 12.2. The third-order valence-electron chi connectivity index (χ3n) is 9.01. The second-order valence-electron chi connectivity index (χ2n) is 12.2. The Morgan fingerprint density at radius 3 is 1.38 bits per heavy atom. The van der Waals surface area contributed by atoms with E-state index in [9.17, 15) is 0 Å². The third kappa shape index (κ3) is 5.57. The van der Waals surface area contributed by atoms with Gasteiger partial charge in [0.25, 0.3) is 0 Å². The second kappa shape index (κ2) is 12.6. The summed E-state index contributed by atoms with van der Waals surface area (Å²) < 4.78 is 0. The summed E-state index contributed by atoms with van der Waals surface area (Å²) in [6, 6.07) is 56.3. The Morgan fingerprint density at radius 2 is 0.780 bits per heavy atom. The van der Waals surface area contributed by atoms with Crippen molar-refractivity contribution in [1.82, 2.24) is 24.9 Å². The molecule has 6 aromatic carbocycles. The van der Waals surface area contributed by atoms with Crippen molar-refractivity contribution < 1.29 is 0 Å². The van der Waals surface area contributed by atoms with E-state index < -0.39 is 0 Å². The molecular formula is C45H29N5. The molecule has 0 spiro atoms. The lowest BCUT2D eigenvalue weighted by Gasteiger charge is -2.12. The quantitative estimate of drug-likeness (QED) is 0.169. The van der Waals surface area contributed by atoms with E-state index in [1.807, 2.05) is 36.7 Å². The lowest BCUT2D eigenvalue weighted by molar-refractivity contribution is 1.07. The lowest BCUT2D eigenvalue weighted by atomic mass is 9.97. The average molecular weight is 640 g/mol. The first kappa shape index (κ1) is 29.3. The Hall–Kier alpha value is -6.85. The van der Waals surface area contributed by atoms with Crippen molar-refractivity contribution in [1.29, 1.82) is 0 Å². The van der Waals surface area contributed by atoms with Crippen LogP contribution in [0.1, 0.15) is 0 Å². The highest BCUT2D eigenvalue weighted by Crippen LogP contribution is 2.35. The van der Waals surface area contributed by atoms with E-state index in [1.54, 1.807) is 0 Å². The van der Waals surface area contributed by atoms with Gasteiger partial charge < -0.3 is 0 Å². The van der Waals surface area contributed by atoms with Crippen LogP contribution in [0.15, 0.2) is 176 Å². The molecule has 50 heavy (non-hydrogen) atoms. The largest absolute Gasteiger partial charge is 0.254 e. The fourth-order valence-corrected chi connectivity index (χ4v) is 6.51. The van der Waals surface area contributed by atoms with Gasteiger partial charge in [-0.25, -0.2) is 15.0 Å². The van der Waals surface area contributed by atoms with Crippen molar-refractivity contribution in [3.63, 3.8) is 0 Å². The van der Waals surface area contributed by atoms with Crippen LogP contribution in [0, 0.1) is 0 Å². The summed E-state index contributed by atoms with van der Waals surface area (Å²) in [7, 11) is 0. The SMILES string of the molecule is c1ccc(-c2cccc(-c3nc(-c4ccc(-c5cc6cccnc6c6ncccc56)cc4)nc(-c4cccc(-c5ccccc5)c4)n3)c2)cc1. The van der Waals surface area contributed by atoms with Crippen LogP contribution < -0.4 is 0 Å². The van der Waals surface area contributed by atoms with Gasteiger partial charge in [0, 0.05) is 39.9 Å². The summed E-state index contributed by atoms with van der Waals surface area (Å²) in [6.07, 6.45) is 3.64. The number of fused-ring (bicyclic) bond motifs is 3. The van der Waals surface area contributed by atoms with E-state index in [0.717, 1.165) is 71.9 Å². The van der Waals surface area contributed by atoms with Gasteiger partial charge in [0.2, 0.25) is 0 Å². The molecule has 0 aliphatic carbocycles. The summed E-state index contributed by atoms with van der Waals surface area (Å²) in [5, 5.41) is 2.12. The molecule has 0 radical (unpaired) electrons. The van der Waals surface area contributed by atoms with Crippen LogP contribution in [-0.4, -0.2) is 24.9 Å². The molecule has 0 unspecified atom stereocenters. The first-order valence-electron chi connectivity index (χ1n) is 16.6. The topological polar surface area (TPSA) is 64.5 Å². The molecule has 5 heteroatoms.